The Labute approximate surface area is 143 Å². The molecular formula is C18H16BrNO3. The molecule has 2 aromatic carbocycles. The van der Waals surface area contributed by atoms with E-state index in [1.807, 2.05) is 24.3 Å². The van der Waals surface area contributed by atoms with Gasteiger partial charge in [0.05, 0.1) is 5.92 Å². The quantitative estimate of drug-likeness (QED) is 0.479. The van der Waals surface area contributed by atoms with Gasteiger partial charge in [0.15, 0.2) is 0 Å². The lowest BCUT2D eigenvalue weighted by Crippen LogP contribution is -2.27. The number of ether oxygens (including phenoxy) is 1. The van der Waals surface area contributed by atoms with E-state index in [1.54, 1.807) is 36.7 Å². The normalized spacial score (nSPS) is 11.1. The number of carbonyl (C=O) groups is 1. The minimum absolute atomic E-state index is 0.321. The van der Waals surface area contributed by atoms with Crippen LogP contribution in [-0.2, 0) is 4.79 Å². The number of benzene rings is 2. The summed E-state index contributed by atoms with van der Waals surface area (Å²) in [6.45, 7) is 2.07. The molecule has 0 spiro atoms. The van der Waals surface area contributed by atoms with Crippen molar-refractivity contribution in [2.45, 2.75) is 12.8 Å². The third-order valence-corrected chi connectivity index (χ3v) is 3.75. The molecule has 5 heteroatoms. The molecule has 0 aliphatic carbocycles. The summed E-state index contributed by atoms with van der Waals surface area (Å²) >= 11 is 3.39. The maximum atomic E-state index is 12.1. The van der Waals surface area contributed by atoms with Crippen LogP contribution in [0.3, 0.4) is 0 Å². The third kappa shape index (κ3) is 4.59. The van der Waals surface area contributed by atoms with Crippen LogP contribution < -0.4 is 10.2 Å². The molecule has 4 nitrogen and oxygen atoms in total. The molecule has 1 atom stereocenters. The highest BCUT2D eigenvalue weighted by atomic mass is 79.9. The molecule has 0 fully saturated rings. The van der Waals surface area contributed by atoms with Gasteiger partial charge in [-0.15, -0.1) is 5.92 Å². The van der Waals surface area contributed by atoms with E-state index >= 15 is 0 Å². The summed E-state index contributed by atoms with van der Waals surface area (Å²) in [5.74, 6) is 5.15. The maximum Gasteiger partial charge on any atom is 0.255 e. The monoisotopic (exact) mass is 373 g/mol. The van der Waals surface area contributed by atoms with Crippen LogP contribution in [0.15, 0.2) is 53.0 Å². The van der Waals surface area contributed by atoms with Gasteiger partial charge in [0.2, 0.25) is 0 Å². The van der Waals surface area contributed by atoms with Crippen molar-refractivity contribution in [2.24, 2.45) is 0 Å². The molecule has 0 aliphatic heterocycles. The number of rotatable bonds is 5. The van der Waals surface area contributed by atoms with E-state index in [2.05, 4.69) is 27.8 Å². The summed E-state index contributed by atoms with van der Waals surface area (Å²) in [5, 5.41) is 9.04. The summed E-state index contributed by atoms with van der Waals surface area (Å²) in [5.41, 5.74) is 3.26. The van der Waals surface area contributed by atoms with E-state index in [0.717, 1.165) is 15.6 Å². The highest BCUT2D eigenvalue weighted by Gasteiger charge is 2.22. The van der Waals surface area contributed by atoms with Gasteiger partial charge < -0.3 is 4.74 Å². The lowest BCUT2D eigenvalue weighted by atomic mass is 9.91. The smallest absolute Gasteiger partial charge is 0.255 e. The van der Waals surface area contributed by atoms with Crippen molar-refractivity contribution in [3.8, 4) is 17.6 Å². The summed E-state index contributed by atoms with van der Waals surface area (Å²) in [7, 11) is 0. The van der Waals surface area contributed by atoms with Crippen LogP contribution in [0.2, 0.25) is 0 Å². The first kappa shape index (κ1) is 17.1. The predicted octanol–water partition coefficient (Wildman–Crippen LogP) is 3.49. The second kappa shape index (κ2) is 8.37. The molecule has 0 saturated heterocycles. The fourth-order valence-corrected chi connectivity index (χ4v) is 2.61. The lowest BCUT2D eigenvalue weighted by molar-refractivity contribution is -0.129. The molecule has 0 bridgehead atoms. The van der Waals surface area contributed by atoms with E-state index in [-0.39, 0.29) is 0 Å². The highest BCUT2D eigenvalue weighted by Crippen LogP contribution is 2.28. The van der Waals surface area contributed by atoms with Crippen molar-refractivity contribution in [3.05, 3.63) is 64.1 Å². The summed E-state index contributed by atoms with van der Waals surface area (Å²) in [6, 6.07) is 14.6. The van der Waals surface area contributed by atoms with Crippen molar-refractivity contribution >= 4 is 21.8 Å². The fourth-order valence-electron chi connectivity index (χ4n) is 2.19. The molecule has 0 heterocycles. The minimum Gasteiger partial charge on any atom is -0.481 e. The third-order valence-electron chi connectivity index (χ3n) is 3.26. The van der Waals surface area contributed by atoms with Gasteiger partial charge in [-0.25, -0.2) is 5.48 Å². The molecule has 118 valence electrons. The van der Waals surface area contributed by atoms with Crippen LogP contribution in [0.5, 0.6) is 5.75 Å². The van der Waals surface area contributed by atoms with Crippen LogP contribution in [0, 0.1) is 11.8 Å². The second-order valence-corrected chi connectivity index (χ2v) is 5.66. The molecule has 0 aromatic heterocycles. The Balaban J connectivity index is 2.29. The van der Waals surface area contributed by atoms with E-state index in [0.29, 0.717) is 12.4 Å². The molecule has 0 unspecified atom stereocenters. The zero-order chi connectivity index (χ0) is 16.7. The SMILES string of the molecule is CC#CCOc1ccc([C@@H](C(=O)NO)c2cccc(Br)c2)cc1. The van der Waals surface area contributed by atoms with Crippen LogP contribution in [0.1, 0.15) is 24.0 Å². The second-order valence-electron chi connectivity index (χ2n) is 4.75. The molecular weight excluding hydrogens is 358 g/mol. The number of halogens is 1. The lowest BCUT2D eigenvalue weighted by Gasteiger charge is -2.16. The van der Waals surface area contributed by atoms with E-state index in [4.69, 9.17) is 9.94 Å². The Morgan fingerprint density at radius 1 is 1.26 bits per heavy atom. The molecule has 2 rings (SSSR count). The van der Waals surface area contributed by atoms with E-state index < -0.39 is 11.8 Å². The summed E-state index contributed by atoms with van der Waals surface area (Å²) < 4.78 is 6.33. The topological polar surface area (TPSA) is 58.6 Å². The maximum absolute atomic E-state index is 12.1. The molecule has 2 aromatic rings. The Hall–Kier alpha value is -2.29. The van der Waals surface area contributed by atoms with Crippen molar-refractivity contribution in [1.82, 2.24) is 5.48 Å². The molecule has 23 heavy (non-hydrogen) atoms. The van der Waals surface area contributed by atoms with Gasteiger partial charge in [0.1, 0.15) is 12.4 Å². The minimum atomic E-state index is -0.609. The molecule has 2 N–H and O–H groups in total. The van der Waals surface area contributed by atoms with Crippen LogP contribution in [0.4, 0.5) is 0 Å². The standard InChI is InChI=1S/C18H16BrNO3/c1-2-3-11-23-16-9-7-13(8-10-16)17(18(21)20-22)14-5-4-6-15(19)12-14/h4-10,12,17,22H,11H2,1H3,(H,20,21)/t17-/m1/s1. The predicted molar refractivity (Wildman–Crippen MR) is 91.3 cm³/mol. The first-order valence-corrected chi connectivity index (χ1v) is 7.76. The Bertz CT molecular complexity index is 732. The molecule has 1 amide bonds. The molecule has 0 radical (unpaired) electrons. The summed E-state index contributed by atoms with van der Waals surface area (Å²) in [6.07, 6.45) is 0. The number of amides is 1. The van der Waals surface area contributed by atoms with Gasteiger partial charge >= 0.3 is 0 Å². The van der Waals surface area contributed by atoms with Crippen molar-refractivity contribution in [1.29, 1.82) is 0 Å². The van der Waals surface area contributed by atoms with Gasteiger partial charge in [-0.3, -0.25) is 10.0 Å². The van der Waals surface area contributed by atoms with Gasteiger partial charge in [-0.2, -0.15) is 0 Å². The van der Waals surface area contributed by atoms with Gasteiger partial charge in [-0.05, 0) is 42.3 Å². The van der Waals surface area contributed by atoms with E-state index in [1.165, 1.54) is 0 Å². The fraction of sp³-hybridized carbons (Fsp3) is 0.167. The molecule has 0 saturated carbocycles. The highest BCUT2D eigenvalue weighted by molar-refractivity contribution is 9.10. The number of hydroxylamine groups is 1. The van der Waals surface area contributed by atoms with Crippen molar-refractivity contribution < 1.29 is 14.7 Å². The number of carbonyl (C=O) groups excluding carboxylic acids is 1. The van der Waals surface area contributed by atoms with Crippen molar-refractivity contribution in [3.63, 3.8) is 0 Å². The first-order valence-electron chi connectivity index (χ1n) is 6.97. The zero-order valence-electron chi connectivity index (χ0n) is 12.5. The number of hydrogen-bond donors (Lipinski definition) is 2. The first-order chi connectivity index (χ1) is 11.2. The Morgan fingerprint density at radius 2 is 2.00 bits per heavy atom. The average Bonchev–Trinajstić information content (AvgIpc) is 2.56. The van der Waals surface area contributed by atoms with Gasteiger partial charge in [0.25, 0.3) is 5.91 Å². The van der Waals surface area contributed by atoms with Gasteiger partial charge in [-0.1, -0.05) is 46.1 Å². The largest absolute Gasteiger partial charge is 0.481 e. The van der Waals surface area contributed by atoms with Crippen LogP contribution >= 0.6 is 15.9 Å². The van der Waals surface area contributed by atoms with Crippen molar-refractivity contribution in [2.75, 3.05) is 6.61 Å². The Kier molecular flexibility index (Phi) is 6.21. The average molecular weight is 374 g/mol. The number of nitrogens with one attached hydrogen (secondary N) is 1. The van der Waals surface area contributed by atoms with Crippen LogP contribution in [0.25, 0.3) is 0 Å². The van der Waals surface area contributed by atoms with Crippen LogP contribution in [-0.4, -0.2) is 17.7 Å². The number of hydrogen-bond acceptors (Lipinski definition) is 3. The molecule has 0 aliphatic rings. The van der Waals surface area contributed by atoms with E-state index in [9.17, 15) is 4.79 Å². The van der Waals surface area contributed by atoms with Gasteiger partial charge in [0, 0.05) is 4.47 Å². The Morgan fingerprint density at radius 3 is 2.61 bits per heavy atom. The summed E-state index contributed by atoms with van der Waals surface area (Å²) in [4.78, 5) is 12.1. The zero-order valence-corrected chi connectivity index (χ0v) is 14.1.